The van der Waals surface area contributed by atoms with E-state index in [1.54, 1.807) is 12.1 Å². The van der Waals surface area contributed by atoms with Gasteiger partial charge in [0, 0.05) is 34.0 Å². The molecule has 32 heavy (non-hydrogen) atoms. The van der Waals surface area contributed by atoms with Crippen LogP contribution in [0.15, 0.2) is 41.6 Å². The number of anilines is 1. The van der Waals surface area contributed by atoms with E-state index in [2.05, 4.69) is 10.5 Å². The van der Waals surface area contributed by atoms with Gasteiger partial charge >= 0.3 is 6.18 Å². The molecule has 4 nitrogen and oxygen atoms in total. The first-order valence-electron chi connectivity index (χ1n) is 9.75. The van der Waals surface area contributed by atoms with Gasteiger partial charge in [0.05, 0.1) is 23.0 Å². The fraction of sp³-hybridized carbons (Fsp3) is 0.364. The Morgan fingerprint density at radius 1 is 1.16 bits per heavy atom. The second-order valence-corrected chi connectivity index (χ2v) is 9.25. The minimum atomic E-state index is -4.79. The van der Waals surface area contributed by atoms with Crippen LogP contribution in [-0.4, -0.2) is 24.2 Å². The Bertz CT molecular complexity index is 1040. The summed E-state index contributed by atoms with van der Waals surface area (Å²) < 4.78 is 42.5. The highest BCUT2D eigenvalue weighted by Crippen LogP contribution is 2.49. The van der Waals surface area contributed by atoms with E-state index in [0.29, 0.717) is 22.7 Å². The predicted octanol–water partition coefficient (Wildman–Crippen LogP) is 7.26. The zero-order chi connectivity index (χ0) is 23.7. The van der Waals surface area contributed by atoms with E-state index in [4.69, 9.17) is 39.6 Å². The number of hydrogen-bond acceptors (Lipinski definition) is 4. The first-order valence-corrected chi connectivity index (χ1v) is 10.9. The summed E-state index contributed by atoms with van der Waals surface area (Å²) in [7, 11) is 0. The average Bonchev–Trinajstić information content (AvgIpc) is 3.13. The minimum absolute atomic E-state index is 0.00284. The molecule has 0 bridgehead atoms. The van der Waals surface area contributed by atoms with Crippen LogP contribution >= 0.6 is 34.8 Å². The summed E-state index contributed by atoms with van der Waals surface area (Å²) in [6, 6.07) is 8.28. The largest absolute Gasteiger partial charge is 0.435 e. The number of hydrogen-bond donors (Lipinski definition) is 1. The van der Waals surface area contributed by atoms with E-state index >= 15 is 0 Å². The molecule has 0 saturated carbocycles. The van der Waals surface area contributed by atoms with Crippen molar-refractivity contribution >= 4 is 52.0 Å². The third-order valence-electron chi connectivity index (χ3n) is 4.93. The highest BCUT2D eigenvalue weighted by molar-refractivity contribution is 6.34. The molecule has 2 aromatic carbocycles. The molecule has 1 heterocycles. The molecule has 0 radical (unpaired) electrons. The summed E-state index contributed by atoms with van der Waals surface area (Å²) >= 11 is 18.1. The van der Waals surface area contributed by atoms with E-state index in [9.17, 15) is 18.0 Å². The molecular formula is C22H20Cl3F3N2O2. The van der Waals surface area contributed by atoms with Gasteiger partial charge in [0.15, 0.2) is 5.78 Å². The number of halogens is 6. The number of nitrogens with one attached hydrogen (secondary N) is 1. The van der Waals surface area contributed by atoms with Gasteiger partial charge in [-0.2, -0.15) is 13.2 Å². The van der Waals surface area contributed by atoms with Crippen LogP contribution in [0.3, 0.4) is 0 Å². The Morgan fingerprint density at radius 3 is 2.41 bits per heavy atom. The Kier molecular flexibility index (Phi) is 7.32. The number of oxime groups is 1. The zero-order valence-electron chi connectivity index (χ0n) is 17.2. The van der Waals surface area contributed by atoms with Gasteiger partial charge in [-0.05, 0) is 36.2 Å². The smallest absolute Gasteiger partial charge is 0.377 e. The van der Waals surface area contributed by atoms with E-state index in [0.717, 1.165) is 12.1 Å². The molecule has 3 rings (SSSR count). The van der Waals surface area contributed by atoms with Gasteiger partial charge < -0.3 is 10.2 Å². The van der Waals surface area contributed by atoms with Crippen LogP contribution in [0, 0.1) is 5.92 Å². The summed E-state index contributed by atoms with van der Waals surface area (Å²) in [6.07, 6.45) is -4.97. The Labute approximate surface area is 198 Å². The monoisotopic (exact) mass is 506 g/mol. The molecule has 172 valence electrons. The van der Waals surface area contributed by atoms with E-state index in [-0.39, 0.29) is 39.6 Å². The molecule has 1 unspecified atom stereocenters. The zero-order valence-corrected chi connectivity index (χ0v) is 19.5. The number of alkyl halides is 3. The lowest BCUT2D eigenvalue weighted by Crippen LogP contribution is -2.42. The van der Waals surface area contributed by atoms with E-state index < -0.39 is 18.2 Å². The third-order valence-corrected chi connectivity index (χ3v) is 5.69. The molecule has 1 aliphatic rings. The van der Waals surface area contributed by atoms with E-state index in [1.165, 1.54) is 12.1 Å². The molecular weight excluding hydrogens is 488 g/mol. The van der Waals surface area contributed by atoms with Crippen molar-refractivity contribution in [3.05, 3.63) is 62.6 Å². The van der Waals surface area contributed by atoms with Crippen molar-refractivity contribution < 1.29 is 22.8 Å². The van der Waals surface area contributed by atoms with Crippen molar-refractivity contribution in [3.63, 3.8) is 0 Å². The summed E-state index contributed by atoms with van der Waals surface area (Å²) in [5.41, 5.74) is -2.09. The molecule has 0 fully saturated rings. The van der Waals surface area contributed by atoms with Crippen LogP contribution < -0.4 is 5.32 Å². The molecule has 2 aromatic rings. The van der Waals surface area contributed by atoms with Crippen LogP contribution in [0.5, 0.6) is 0 Å². The topological polar surface area (TPSA) is 50.7 Å². The second-order valence-electron chi connectivity index (χ2n) is 7.97. The Hall–Kier alpha value is -1.96. The molecule has 10 heteroatoms. The van der Waals surface area contributed by atoms with Gasteiger partial charge in [-0.3, -0.25) is 4.79 Å². The maximum absolute atomic E-state index is 14.2. The first kappa shape index (κ1) is 24.7. The summed E-state index contributed by atoms with van der Waals surface area (Å²) in [5, 5.41) is 7.12. The van der Waals surface area contributed by atoms with Crippen molar-refractivity contribution in [1.82, 2.24) is 0 Å². The normalized spacial score (nSPS) is 18.5. The fourth-order valence-electron chi connectivity index (χ4n) is 3.41. The van der Waals surface area contributed by atoms with Crippen molar-refractivity contribution in [2.75, 3.05) is 11.9 Å². The number of benzene rings is 2. The number of ketones is 1. The number of carbonyl (C=O) groups excluding carboxylic acids is 1. The standard InChI is InChI=1S/C22H20Cl3F3N2O2/c1-12(2)5-17(31)11-29-19-6-13(3-4-18(19)25)20-10-21(32-30-20,22(26,27)28)14-7-15(23)9-16(24)8-14/h3-4,6-9,12,29H,5,10-11H2,1-2H3. The average molecular weight is 508 g/mol. The highest BCUT2D eigenvalue weighted by atomic mass is 35.5. The number of Topliss-reactive ketones (excluding diaryl/α,β-unsaturated/α-hetero) is 1. The summed E-state index contributed by atoms with van der Waals surface area (Å²) in [5.74, 6) is 0.212. The minimum Gasteiger partial charge on any atom is -0.377 e. The van der Waals surface area contributed by atoms with Gasteiger partial charge in [-0.1, -0.05) is 59.9 Å². The molecule has 1 N–H and O–H groups in total. The SMILES string of the molecule is CC(C)CC(=O)CNc1cc(C2=NOC(c3cc(Cl)cc(Cl)c3)(C(F)(F)F)C2)ccc1Cl. The summed E-state index contributed by atoms with van der Waals surface area (Å²) in [6.45, 7) is 3.92. The van der Waals surface area contributed by atoms with Gasteiger partial charge in [0.1, 0.15) is 0 Å². The van der Waals surface area contributed by atoms with Crippen LogP contribution in [0.25, 0.3) is 0 Å². The lowest BCUT2D eigenvalue weighted by molar-refractivity contribution is -0.275. The third kappa shape index (κ3) is 5.33. The molecule has 0 amide bonds. The van der Waals surface area contributed by atoms with Crippen molar-refractivity contribution in [1.29, 1.82) is 0 Å². The number of carbonyl (C=O) groups is 1. The number of rotatable bonds is 7. The fourth-order valence-corrected chi connectivity index (χ4v) is 4.12. The quantitative estimate of drug-likeness (QED) is 0.429. The number of nitrogens with zero attached hydrogens (tertiary/aromatic N) is 1. The van der Waals surface area contributed by atoms with Gasteiger partial charge in [0.2, 0.25) is 0 Å². The highest BCUT2D eigenvalue weighted by Gasteiger charge is 2.62. The first-order chi connectivity index (χ1) is 14.9. The predicted molar refractivity (Wildman–Crippen MR) is 121 cm³/mol. The maximum atomic E-state index is 14.2. The van der Waals surface area contributed by atoms with Crippen LogP contribution in [0.1, 0.15) is 37.8 Å². The van der Waals surface area contributed by atoms with Crippen LogP contribution in [0.2, 0.25) is 15.1 Å². The molecule has 1 atom stereocenters. The molecule has 0 saturated heterocycles. The Morgan fingerprint density at radius 2 is 1.81 bits per heavy atom. The maximum Gasteiger partial charge on any atom is 0.435 e. The summed E-state index contributed by atoms with van der Waals surface area (Å²) in [4.78, 5) is 17.0. The van der Waals surface area contributed by atoms with Crippen molar-refractivity contribution in [2.45, 2.75) is 38.5 Å². The molecule has 0 aliphatic carbocycles. The van der Waals surface area contributed by atoms with Crippen molar-refractivity contribution in [2.24, 2.45) is 11.1 Å². The lowest BCUT2D eigenvalue weighted by Gasteiger charge is -2.29. The van der Waals surface area contributed by atoms with Crippen LogP contribution in [-0.2, 0) is 15.2 Å². The molecule has 1 aliphatic heterocycles. The Balaban J connectivity index is 1.87. The van der Waals surface area contributed by atoms with E-state index in [1.807, 2.05) is 13.8 Å². The van der Waals surface area contributed by atoms with Crippen LogP contribution in [0.4, 0.5) is 18.9 Å². The molecule has 0 aromatic heterocycles. The second kappa shape index (κ2) is 9.49. The molecule has 0 spiro atoms. The van der Waals surface area contributed by atoms with Gasteiger partial charge in [0.25, 0.3) is 5.60 Å². The van der Waals surface area contributed by atoms with Gasteiger partial charge in [-0.15, -0.1) is 0 Å². The van der Waals surface area contributed by atoms with Crippen molar-refractivity contribution in [3.8, 4) is 0 Å². The van der Waals surface area contributed by atoms with Gasteiger partial charge in [-0.25, -0.2) is 0 Å². The lowest BCUT2D eigenvalue weighted by atomic mass is 9.86.